The molecule has 2 aromatic rings. The third kappa shape index (κ3) is 3.70. The topological polar surface area (TPSA) is 133 Å². The first-order valence-electron chi connectivity index (χ1n) is 4.27. The summed E-state index contributed by atoms with van der Waals surface area (Å²) in [4.78, 5) is 18.8. The first-order chi connectivity index (χ1) is 8.00. The van der Waals surface area contributed by atoms with E-state index in [1.54, 1.807) is 7.05 Å². The largest absolute Gasteiger partial charge is 0.306 e. The summed E-state index contributed by atoms with van der Waals surface area (Å²) in [5.74, 6) is 0. The Kier molecular flexibility index (Phi) is 3.86. The molecule has 0 radical (unpaired) electrons. The Balaban J connectivity index is 0.000000171. The third-order valence-electron chi connectivity index (χ3n) is 1.60. The molecule has 0 aliphatic carbocycles. The van der Waals surface area contributed by atoms with Crippen molar-refractivity contribution in [2.24, 2.45) is 7.05 Å². The van der Waals surface area contributed by atoms with Crippen LogP contribution in [0.2, 0.25) is 0 Å². The van der Waals surface area contributed by atoms with Crippen LogP contribution < -0.4 is 0 Å². The number of aromatic amines is 1. The maximum atomic E-state index is 9.97. The zero-order valence-electron chi connectivity index (χ0n) is 8.68. The molecule has 0 unspecified atom stereocenters. The van der Waals surface area contributed by atoms with E-state index in [1.165, 1.54) is 23.3 Å². The zero-order chi connectivity index (χ0) is 12.8. The third-order valence-corrected chi connectivity index (χ3v) is 1.60. The summed E-state index contributed by atoms with van der Waals surface area (Å²) in [5, 5.41) is 29.1. The number of hydrogen-bond donors (Lipinski definition) is 1. The molecule has 0 atom stereocenters. The molecule has 0 aliphatic rings. The van der Waals surface area contributed by atoms with E-state index in [9.17, 15) is 20.2 Å². The van der Waals surface area contributed by atoms with E-state index in [1.807, 2.05) is 0 Å². The van der Waals surface area contributed by atoms with Crippen molar-refractivity contribution < 1.29 is 9.85 Å². The van der Waals surface area contributed by atoms with Crippen LogP contribution in [0.5, 0.6) is 0 Å². The molecule has 17 heavy (non-hydrogen) atoms. The zero-order valence-corrected chi connectivity index (χ0v) is 8.68. The minimum absolute atomic E-state index is 0.00926. The summed E-state index contributed by atoms with van der Waals surface area (Å²) >= 11 is 0. The van der Waals surface area contributed by atoms with E-state index in [0.717, 1.165) is 6.20 Å². The van der Waals surface area contributed by atoms with Crippen molar-refractivity contribution >= 4 is 11.4 Å². The number of nitro groups is 2. The predicted molar refractivity (Wildman–Crippen MR) is 55.1 cm³/mol. The molecule has 0 aliphatic heterocycles. The van der Waals surface area contributed by atoms with E-state index in [4.69, 9.17) is 0 Å². The average Bonchev–Trinajstić information content (AvgIpc) is 2.87. The molecule has 2 heterocycles. The predicted octanol–water partition coefficient (Wildman–Crippen LogP) is 0.646. The monoisotopic (exact) mass is 240 g/mol. The first-order valence-corrected chi connectivity index (χ1v) is 4.27. The van der Waals surface area contributed by atoms with Gasteiger partial charge in [-0.25, -0.2) is 0 Å². The van der Waals surface area contributed by atoms with Gasteiger partial charge >= 0.3 is 11.4 Å². The van der Waals surface area contributed by atoms with Gasteiger partial charge in [0.25, 0.3) is 0 Å². The van der Waals surface area contributed by atoms with E-state index < -0.39 is 9.85 Å². The molecule has 10 heteroatoms. The number of nitrogens with one attached hydrogen (secondary N) is 1. The van der Waals surface area contributed by atoms with E-state index >= 15 is 0 Å². The number of hydrogen-bond acceptors (Lipinski definition) is 6. The summed E-state index contributed by atoms with van der Waals surface area (Å²) in [6.07, 6.45) is 4.93. The summed E-state index contributed by atoms with van der Waals surface area (Å²) in [6, 6.07) is 0. The van der Waals surface area contributed by atoms with Crippen molar-refractivity contribution in [3.8, 4) is 0 Å². The summed E-state index contributed by atoms with van der Waals surface area (Å²) in [7, 11) is 1.63. The molecule has 0 aromatic carbocycles. The second-order valence-electron chi connectivity index (χ2n) is 2.84. The molecule has 0 spiro atoms. The molecule has 0 saturated carbocycles. The lowest BCUT2D eigenvalue weighted by molar-refractivity contribution is -0.385. The van der Waals surface area contributed by atoms with Crippen LogP contribution in [0.3, 0.4) is 0 Å². The molecule has 2 aromatic heterocycles. The second kappa shape index (κ2) is 5.34. The molecular formula is C7H8N6O4. The fourth-order valence-electron chi connectivity index (χ4n) is 0.847. The number of aromatic nitrogens is 4. The maximum Gasteiger partial charge on any atom is 0.306 e. The fraction of sp³-hybridized carbons (Fsp3) is 0.143. The highest BCUT2D eigenvalue weighted by atomic mass is 16.6. The SMILES string of the molecule is Cn1cc([N+](=O)[O-])cn1.O=[N+]([O-])c1cn[nH]c1. The van der Waals surface area contributed by atoms with Gasteiger partial charge in [-0.05, 0) is 0 Å². The summed E-state index contributed by atoms with van der Waals surface area (Å²) in [6.45, 7) is 0. The number of aryl methyl sites for hydroxylation is 1. The molecule has 0 bridgehead atoms. The highest BCUT2D eigenvalue weighted by Crippen LogP contribution is 2.05. The van der Waals surface area contributed by atoms with Crippen LogP contribution >= 0.6 is 0 Å². The van der Waals surface area contributed by atoms with Crippen molar-refractivity contribution in [1.82, 2.24) is 20.0 Å². The minimum Gasteiger partial charge on any atom is -0.279 e. The Labute approximate surface area is 94.2 Å². The van der Waals surface area contributed by atoms with Gasteiger partial charge < -0.3 is 0 Å². The standard InChI is InChI=1S/C4H5N3O2.C3H3N3O2/c1-6-3-4(2-5-6)7(8)9;7-6(8)3-1-4-5-2-3/h2-3H,1H3;1-2H,(H,4,5). The van der Waals surface area contributed by atoms with Gasteiger partial charge in [0, 0.05) is 7.05 Å². The highest BCUT2D eigenvalue weighted by Gasteiger charge is 2.05. The van der Waals surface area contributed by atoms with Crippen molar-refractivity contribution in [3.05, 3.63) is 45.0 Å². The molecule has 2 rings (SSSR count). The lowest BCUT2D eigenvalue weighted by Crippen LogP contribution is -1.86. The molecule has 0 amide bonds. The molecule has 0 saturated heterocycles. The Morgan fingerprint density at radius 3 is 2.12 bits per heavy atom. The molecule has 90 valence electrons. The van der Waals surface area contributed by atoms with Gasteiger partial charge in [0.1, 0.15) is 18.6 Å². The number of rotatable bonds is 2. The summed E-state index contributed by atoms with van der Waals surface area (Å²) < 4.78 is 1.39. The molecule has 0 fully saturated rings. The Hall–Kier alpha value is -2.78. The van der Waals surface area contributed by atoms with Crippen molar-refractivity contribution in [3.63, 3.8) is 0 Å². The quantitative estimate of drug-likeness (QED) is 0.605. The van der Waals surface area contributed by atoms with E-state index in [2.05, 4.69) is 15.3 Å². The minimum atomic E-state index is -0.510. The van der Waals surface area contributed by atoms with Crippen molar-refractivity contribution in [2.75, 3.05) is 0 Å². The first kappa shape index (κ1) is 12.3. The van der Waals surface area contributed by atoms with Crippen molar-refractivity contribution in [1.29, 1.82) is 0 Å². The molecule has 10 nitrogen and oxygen atoms in total. The smallest absolute Gasteiger partial charge is 0.279 e. The van der Waals surface area contributed by atoms with Crippen LogP contribution in [0.1, 0.15) is 0 Å². The van der Waals surface area contributed by atoms with Gasteiger partial charge in [0.15, 0.2) is 0 Å². The Bertz CT molecular complexity index is 504. The van der Waals surface area contributed by atoms with Crippen LogP contribution in [0.25, 0.3) is 0 Å². The van der Waals surface area contributed by atoms with Crippen LogP contribution in [-0.2, 0) is 7.05 Å². The molecular weight excluding hydrogens is 232 g/mol. The molecule has 1 N–H and O–H groups in total. The summed E-state index contributed by atoms with van der Waals surface area (Å²) in [5.41, 5.74) is 0.0162. The normalized spacial score (nSPS) is 9.24. The van der Waals surface area contributed by atoms with Gasteiger partial charge in [-0.1, -0.05) is 0 Å². The number of nitrogens with zero attached hydrogens (tertiary/aromatic N) is 5. The van der Waals surface area contributed by atoms with E-state index in [0.29, 0.717) is 0 Å². The number of H-pyrrole nitrogens is 1. The van der Waals surface area contributed by atoms with Crippen LogP contribution in [-0.4, -0.2) is 29.8 Å². The Morgan fingerprint density at radius 2 is 1.88 bits per heavy atom. The lowest BCUT2D eigenvalue weighted by Gasteiger charge is -1.79. The highest BCUT2D eigenvalue weighted by molar-refractivity contribution is 5.20. The van der Waals surface area contributed by atoms with Crippen LogP contribution in [0, 0.1) is 20.2 Å². The fourth-order valence-corrected chi connectivity index (χ4v) is 0.847. The van der Waals surface area contributed by atoms with Gasteiger partial charge in [0.05, 0.1) is 16.0 Å². The van der Waals surface area contributed by atoms with Crippen molar-refractivity contribution in [2.45, 2.75) is 0 Å². The average molecular weight is 240 g/mol. The van der Waals surface area contributed by atoms with E-state index in [-0.39, 0.29) is 11.4 Å². The maximum absolute atomic E-state index is 9.97. The van der Waals surface area contributed by atoms with Gasteiger partial charge in [-0.2, -0.15) is 10.2 Å². The van der Waals surface area contributed by atoms with Crippen LogP contribution in [0.15, 0.2) is 24.8 Å². The second-order valence-corrected chi connectivity index (χ2v) is 2.84. The van der Waals surface area contributed by atoms with Gasteiger partial charge in [-0.15, -0.1) is 0 Å². The lowest BCUT2D eigenvalue weighted by atomic mass is 10.6. The van der Waals surface area contributed by atoms with Gasteiger partial charge in [-0.3, -0.25) is 30.0 Å². The van der Waals surface area contributed by atoms with Crippen LogP contribution in [0.4, 0.5) is 11.4 Å². The Morgan fingerprint density at radius 1 is 1.24 bits per heavy atom. The van der Waals surface area contributed by atoms with Gasteiger partial charge in [0.2, 0.25) is 0 Å².